The van der Waals surface area contributed by atoms with Gasteiger partial charge in [0, 0.05) is 6.42 Å². The van der Waals surface area contributed by atoms with Gasteiger partial charge in [0.25, 0.3) is 0 Å². The van der Waals surface area contributed by atoms with Gasteiger partial charge < -0.3 is 19.7 Å². The van der Waals surface area contributed by atoms with E-state index in [1.54, 1.807) is 0 Å². The molecule has 3 unspecified atom stereocenters. The van der Waals surface area contributed by atoms with Crippen LogP contribution in [0.25, 0.3) is 0 Å². The first-order valence-electron chi connectivity index (χ1n) is 7.23. The van der Waals surface area contributed by atoms with Crippen LogP contribution >= 0.6 is 0 Å². The third kappa shape index (κ3) is 5.43. The molecule has 0 amide bonds. The summed E-state index contributed by atoms with van der Waals surface area (Å²) in [5, 5.41) is 18.8. The molecule has 2 N–H and O–H groups in total. The van der Waals surface area contributed by atoms with Crippen molar-refractivity contribution < 1.29 is 34.1 Å². The van der Waals surface area contributed by atoms with Gasteiger partial charge in [-0.1, -0.05) is 32.6 Å². The van der Waals surface area contributed by atoms with E-state index in [1.807, 2.05) is 0 Å². The Hall–Kier alpha value is -1.47. The summed E-state index contributed by atoms with van der Waals surface area (Å²) in [6, 6.07) is 0. The molecule has 1 rings (SSSR count). The van der Waals surface area contributed by atoms with E-state index in [0.717, 1.165) is 25.7 Å². The summed E-state index contributed by atoms with van der Waals surface area (Å²) in [6.07, 6.45) is 0.434. The molecule has 3 atom stereocenters. The molecule has 0 spiro atoms. The van der Waals surface area contributed by atoms with Gasteiger partial charge >= 0.3 is 11.9 Å². The molecule has 1 saturated heterocycles. The average molecular weight is 302 g/mol. The third-order valence-electron chi connectivity index (χ3n) is 3.27. The summed E-state index contributed by atoms with van der Waals surface area (Å²) >= 11 is 0. The van der Waals surface area contributed by atoms with Gasteiger partial charge in [-0.25, -0.2) is 4.79 Å². The van der Waals surface area contributed by atoms with E-state index in [4.69, 9.17) is 9.84 Å². The molecule has 0 aromatic rings. The maximum atomic E-state index is 11.4. The summed E-state index contributed by atoms with van der Waals surface area (Å²) in [5.74, 6) is -2.47. The zero-order valence-electron chi connectivity index (χ0n) is 12.1. The minimum absolute atomic E-state index is 0.247. The van der Waals surface area contributed by atoms with Gasteiger partial charge in [0.15, 0.2) is 6.10 Å². The molecule has 120 valence electrons. The molecule has 0 radical (unpaired) electrons. The standard InChI is InChI=1S/C14H22O7/c1-2-3-4-5-6-7-10(16)20-8-9(15)13-11(17)12(18)14(19)21-13/h9,12-13,15,18H,2-8H2,1H3. The van der Waals surface area contributed by atoms with Gasteiger partial charge in [0.1, 0.15) is 12.7 Å². The lowest BCUT2D eigenvalue weighted by Crippen LogP contribution is -2.38. The van der Waals surface area contributed by atoms with E-state index in [-0.39, 0.29) is 6.42 Å². The second-order valence-electron chi connectivity index (χ2n) is 5.08. The van der Waals surface area contributed by atoms with E-state index >= 15 is 0 Å². The van der Waals surface area contributed by atoms with Crippen LogP contribution in [0.2, 0.25) is 0 Å². The first-order valence-corrected chi connectivity index (χ1v) is 7.23. The lowest BCUT2D eigenvalue weighted by molar-refractivity contribution is -0.156. The lowest BCUT2D eigenvalue weighted by Gasteiger charge is -2.15. The van der Waals surface area contributed by atoms with E-state index in [2.05, 4.69) is 11.7 Å². The number of unbranched alkanes of at least 4 members (excludes halogenated alkanes) is 4. The number of ether oxygens (including phenoxy) is 2. The van der Waals surface area contributed by atoms with Gasteiger partial charge in [0.05, 0.1) is 0 Å². The summed E-state index contributed by atoms with van der Waals surface area (Å²) in [5.41, 5.74) is 0. The summed E-state index contributed by atoms with van der Waals surface area (Å²) in [4.78, 5) is 33.8. The first-order chi connectivity index (χ1) is 9.97. The van der Waals surface area contributed by atoms with Crippen LogP contribution in [0.3, 0.4) is 0 Å². The van der Waals surface area contributed by atoms with Gasteiger partial charge in [0.2, 0.25) is 11.9 Å². The number of hydrogen-bond acceptors (Lipinski definition) is 7. The highest BCUT2D eigenvalue weighted by Crippen LogP contribution is 2.15. The fourth-order valence-electron chi connectivity index (χ4n) is 2.00. The van der Waals surface area contributed by atoms with E-state index in [9.17, 15) is 19.5 Å². The minimum Gasteiger partial charge on any atom is -0.463 e. The number of hydrogen-bond donors (Lipinski definition) is 2. The Morgan fingerprint density at radius 3 is 2.52 bits per heavy atom. The SMILES string of the molecule is CCCCCCCC(=O)OCC(O)C1OC(=O)C(O)C1=O. The van der Waals surface area contributed by atoms with Crippen molar-refractivity contribution in [3.8, 4) is 0 Å². The van der Waals surface area contributed by atoms with Crippen LogP contribution in [0.1, 0.15) is 45.4 Å². The van der Waals surface area contributed by atoms with Crippen LogP contribution in [-0.4, -0.2) is 52.9 Å². The molecule has 0 bridgehead atoms. The number of rotatable bonds is 9. The molecule has 0 saturated carbocycles. The van der Waals surface area contributed by atoms with Crippen molar-refractivity contribution >= 4 is 17.7 Å². The van der Waals surface area contributed by atoms with E-state index in [0.29, 0.717) is 6.42 Å². The number of aliphatic hydroxyl groups is 2. The Kier molecular flexibility index (Phi) is 7.31. The number of esters is 2. The Bertz CT molecular complexity index is 380. The van der Waals surface area contributed by atoms with Crippen molar-refractivity contribution in [2.24, 2.45) is 0 Å². The minimum atomic E-state index is -1.86. The lowest BCUT2D eigenvalue weighted by atomic mass is 10.1. The van der Waals surface area contributed by atoms with E-state index < -0.39 is 42.6 Å². The largest absolute Gasteiger partial charge is 0.463 e. The fraction of sp³-hybridized carbons (Fsp3) is 0.786. The number of carbonyl (C=O) groups is 3. The van der Waals surface area contributed by atoms with Crippen molar-refractivity contribution in [1.82, 2.24) is 0 Å². The van der Waals surface area contributed by atoms with Crippen LogP contribution in [0.15, 0.2) is 0 Å². The van der Waals surface area contributed by atoms with Crippen molar-refractivity contribution in [1.29, 1.82) is 0 Å². The number of aliphatic hydroxyl groups excluding tert-OH is 2. The Labute approximate surface area is 123 Å². The second-order valence-corrected chi connectivity index (χ2v) is 5.08. The number of Topliss-reactive ketones (excluding diaryl/α,β-unsaturated/α-hetero) is 1. The van der Waals surface area contributed by atoms with Crippen LogP contribution < -0.4 is 0 Å². The number of carbonyl (C=O) groups excluding carboxylic acids is 3. The smallest absolute Gasteiger partial charge is 0.343 e. The van der Waals surface area contributed by atoms with E-state index in [1.165, 1.54) is 0 Å². The van der Waals surface area contributed by atoms with Crippen molar-refractivity contribution in [3.05, 3.63) is 0 Å². The van der Waals surface area contributed by atoms with Crippen molar-refractivity contribution in [2.45, 2.75) is 63.8 Å². The molecular formula is C14H22O7. The highest BCUT2D eigenvalue weighted by Gasteiger charge is 2.46. The molecular weight excluding hydrogens is 280 g/mol. The average Bonchev–Trinajstić information content (AvgIpc) is 2.72. The Morgan fingerprint density at radius 1 is 1.29 bits per heavy atom. The predicted molar refractivity (Wildman–Crippen MR) is 71.2 cm³/mol. The normalized spacial score (nSPS) is 23.0. The second kappa shape index (κ2) is 8.74. The molecule has 7 heteroatoms. The molecule has 0 aromatic heterocycles. The summed E-state index contributed by atoms with van der Waals surface area (Å²) in [6.45, 7) is 1.66. The van der Waals surface area contributed by atoms with Crippen LogP contribution in [0.4, 0.5) is 0 Å². The predicted octanol–water partition coefficient (Wildman–Crippen LogP) is 0.106. The molecule has 7 nitrogen and oxygen atoms in total. The Balaban J connectivity index is 2.21. The number of cyclic esters (lactones) is 1. The molecule has 1 heterocycles. The van der Waals surface area contributed by atoms with Crippen LogP contribution in [0.5, 0.6) is 0 Å². The topological polar surface area (TPSA) is 110 Å². The molecule has 1 fully saturated rings. The summed E-state index contributed by atoms with van der Waals surface area (Å²) in [7, 11) is 0. The molecule has 0 aliphatic carbocycles. The first kappa shape index (κ1) is 17.6. The van der Waals surface area contributed by atoms with Gasteiger partial charge in [-0.3, -0.25) is 9.59 Å². The molecule has 21 heavy (non-hydrogen) atoms. The van der Waals surface area contributed by atoms with Crippen LogP contribution in [0, 0.1) is 0 Å². The number of ketones is 1. The summed E-state index contributed by atoms with van der Waals surface area (Å²) < 4.78 is 9.35. The van der Waals surface area contributed by atoms with Gasteiger partial charge in [-0.05, 0) is 6.42 Å². The van der Waals surface area contributed by atoms with Crippen LogP contribution in [-0.2, 0) is 23.9 Å². The zero-order chi connectivity index (χ0) is 15.8. The Morgan fingerprint density at radius 2 is 1.95 bits per heavy atom. The monoisotopic (exact) mass is 302 g/mol. The highest BCUT2D eigenvalue weighted by molar-refractivity contribution is 6.09. The molecule has 0 aromatic carbocycles. The fourth-order valence-corrected chi connectivity index (χ4v) is 2.00. The van der Waals surface area contributed by atoms with Crippen molar-refractivity contribution in [2.75, 3.05) is 6.61 Å². The zero-order valence-corrected chi connectivity index (χ0v) is 12.1. The maximum Gasteiger partial charge on any atom is 0.343 e. The quantitative estimate of drug-likeness (QED) is 0.353. The van der Waals surface area contributed by atoms with Crippen molar-refractivity contribution in [3.63, 3.8) is 0 Å². The molecule has 1 aliphatic rings. The van der Waals surface area contributed by atoms with Gasteiger partial charge in [-0.2, -0.15) is 0 Å². The third-order valence-corrected chi connectivity index (χ3v) is 3.27. The molecule has 1 aliphatic heterocycles. The maximum absolute atomic E-state index is 11.4. The van der Waals surface area contributed by atoms with Gasteiger partial charge in [-0.15, -0.1) is 0 Å². The highest BCUT2D eigenvalue weighted by atomic mass is 16.6.